The second kappa shape index (κ2) is 3.82. The summed E-state index contributed by atoms with van der Waals surface area (Å²) >= 11 is 0. The van der Waals surface area contributed by atoms with Crippen molar-refractivity contribution in [3.8, 4) is 17.3 Å². The van der Waals surface area contributed by atoms with Gasteiger partial charge in [-0.1, -0.05) is 12.1 Å². The largest absolute Gasteiger partial charge is 0.478 e. The third kappa shape index (κ3) is 1.62. The van der Waals surface area contributed by atoms with Crippen LogP contribution in [0.15, 0.2) is 24.3 Å². The minimum atomic E-state index is -0.993. The fraction of sp³-hybridized carbons (Fsp3) is 0. The lowest BCUT2D eigenvalue weighted by Crippen LogP contribution is -1.95. The van der Waals surface area contributed by atoms with Gasteiger partial charge in [-0.2, -0.15) is 15.6 Å². The number of benzene rings is 1. The Hall–Kier alpha value is -2.68. The molecule has 0 bridgehead atoms. The van der Waals surface area contributed by atoms with Crippen molar-refractivity contribution in [3.63, 3.8) is 0 Å². The Morgan fingerprint density at radius 1 is 1.31 bits per heavy atom. The maximum absolute atomic E-state index is 10.6. The number of carboxylic acid groups (broad SMARTS) is 1. The number of carbonyl (C=O) groups is 1. The van der Waals surface area contributed by atoms with Gasteiger partial charge in [0.15, 0.2) is 5.69 Å². The fourth-order valence-corrected chi connectivity index (χ4v) is 1.28. The maximum atomic E-state index is 10.6. The van der Waals surface area contributed by atoms with E-state index in [0.29, 0.717) is 11.3 Å². The van der Waals surface area contributed by atoms with Gasteiger partial charge in [0.2, 0.25) is 0 Å². The van der Waals surface area contributed by atoms with Crippen LogP contribution >= 0.6 is 0 Å². The van der Waals surface area contributed by atoms with E-state index in [2.05, 4.69) is 15.4 Å². The molecule has 0 aliphatic heterocycles. The van der Waals surface area contributed by atoms with E-state index in [1.165, 1.54) is 12.1 Å². The summed E-state index contributed by atoms with van der Waals surface area (Å²) in [5.41, 5.74) is 1.43. The summed E-state index contributed by atoms with van der Waals surface area (Å²) in [5.74, 6) is -0.993. The molecule has 0 atom stereocenters. The molecule has 0 amide bonds. The number of carboxylic acids is 1. The third-order valence-electron chi connectivity index (χ3n) is 2.06. The molecule has 0 aliphatic rings. The van der Waals surface area contributed by atoms with Gasteiger partial charge in [0, 0.05) is 5.56 Å². The second-order valence-corrected chi connectivity index (χ2v) is 3.02. The first-order chi connectivity index (χ1) is 7.72. The number of hydrogen-bond donors (Lipinski definition) is 2. The first kappa shape index (κ1) is 9.86. The highest BCUT2D eigenvalue weighted by atomic mass is 16.4. The number of aromatic nitrogens is 3. The summed E-state index contributed by atoms with van der Waals surface area (Å²) in [4.78, 5) is 10.6. The van der Waals surface area contributed by atoms with Crippen LogP contribution in [0, 0.1) is 11.3 Å². The zero-order valence-electron chi connectivity index (χ0n) is 8.01. The smallest absolute Gasteiger partial charge is 0.335 e. The highest BCUT2D eigenvalue weighted by molar-refractivity contribution is 5.88. The molecule has 0 unspecified atom stereocenters. The van der Waals surface area contributed by atoms with Crippen LogP contribution in [-0.4, -0.2) is 26.5 Å². The summed E-state index contributed by atoms with van der Waals surface area (Å²) in [5, 5.41) is 27.3. The Morgan fingerprint density at radius 2 is 2.00 bits per heavy atom. The van der Waals surface area contributed by atoms with Crippen molar-refractivity contribution in [1.29, 1.82) is 5.26 Å². The molecule has 1 aromatic carbocycles. The van der Waals surface area contributed by atoms with Crippen LogP contribution in [0.25, 0.3) is 11.3 Å². The molecular formula is C10H6N4O2. The third-order valence-corrected chi connectivity index (χ3v) is 2.06. The number of rotatable bonds is 2. The van der Waals surface area contributed by atoms with Gasteiger partial charge in [0.25, 0.3) is 0 Å². The summed E-state index contributed by atoms with van der Waals surface area (Å²) in [6, 6.07) is 7.96. The number of hydrogen-bond acceptors (Lipinski definition) is 4. The topological polar surface area (TPSA) is 103 Å². The molecule has 0 aliphatic carbocycles. The van der Waals surface area contributed by atoms with Crippen LogP contribution in [0.5, 0.6) is 0 Å². The number of aromatic carboxylic acids is 1. The van der Waals surface area contributed by atoms with Gasteiger partial charge in [0.05, 0.1) is 5.56 Å². The highest BCUT2D eigenvalue weighted by Gasteiger charge is 2.10. The Morgan fingerprint density at radius 3 is 2.56 bits per heavy atom. The van der Waals surface area contributed by atoms with Crippen molar-refractivity contribution in [2.75, 3.05) is 0 Å². The van der Waals surface area contributed by atoms with E-state index in [0.717, 1.165) is 0 Å². The van der Waals surface area contributed by atoms with Crippen molar-refractivity contribution < 1.29 is 9.90 Å². The zero-order chi connectivity index (χ0) is 11.5. The zero-order valence-corrected chi connectivity index (χ0v) is 8.01. The molecule has 1 heterocycles. The Kier molecular flexibility index (Phi) is 2.36. The van der Waals surface area contributed by atoms with E-state index in [-0.39, 0.29) is 11.3 Å². The fourth-order valence-electron chi connectivity index (χ4n) is 1.28. The maximum Gasteiger partial charge on any atom is 0.335 e. The summed E-state index contributed by atoms with van der Waals surface area (Å²) in [6.07, 6.45) is 0. The number of nitriles is 1. The Bertz CT molecular complexity index is 565. The summed E-state index contributed by atoms with van der Waals surface area (Å²) < 4.78 is 0. The molecule has 0 fully saturated rings. The van der Waals surface area contributed by atoms with Crippen LogP contribution in [-0.2, 0) is 0 Å². The van der Waals surface area contributed by atoms with Crippen LogP contribution in [0.1, 0.15) is 16.1 Å². The van der Waals surface area contributed by atoms with Gasteiger partial charge in [0.1, 0.15) is 11.8 Å². The van der Waals surface area contributed by atoms with Crippen molar-refractivity contribution in [3.05, 3.63) is 35.5 Å². The molecule has 0 spiro atoms. The molecule has 0 saturated carbocycles. The van der Waals surface area contributed by atoms with Gasteiger partial charge in [-0.05, 0) is 12.1 Å². The molecule has 1 aromatic heterocycles. The molecule has 2 N–H and O–H groups in total. The minimum Gasteiger partial charge on any atom is -0.478 e. The molecule has 0 saturated heterocycles. The van der Waals surface area contributed by atoms with E-state index in [4.69, 9.17) is 10.4 Å². The quantitative estimate of drug-likeness (QED) is 0.777. The van der Waals surface area contributed by atoms with Gasteiger partial charge in [-0.25, -0.2) is 4.79 Å². The molecule has 16 heavy (non-hydrogen) atoms. The van der Waals surface area contributed by atoms with E-state index >= 15 is 0 Å². The van der Waals surface area contributed by atoms with E-state index in [1.54, 1.807) is 12.1 Å². The monoisotopic (exact) mass is 214 g/mol. The van der Waals surface area contributed by atoms with Crippen LogP contribution in [0.3, 0.4) is 0 Å². The van der Waals surface area contributed by atoms with Crippen molar-refractivity contribution >= 4 is 5.97 Å². The predicted octanol–water partition coefficient (Wildman–Crippen LogP) is 1.04. The second-order valence-electron chi connectivity index (χ2n) is 3.02. The van der Waals surface area contributed by atoms with Crippen LogP contribution in [0.2, 0.25) is 0 Å². The average molecular weight is 214 g/mol. The SMILES string of the molecule is N#Cc1n[nH]nc1-c1ccc(C(=O)O)cc1. The molecular weight excluding hydrogens is 208 g/mol. The normalized spacial score (nSPS) is 9.69. The average Bonchev–Trinajstić information content (AvgIpc) is 2.77. The van der Waals surface area contributed by atoms with E-state index in [1.807, 2.05) is 6.07 Å². The minimum absolute atomic E-state index is 0.183. The van der Waals surface area contributed by atoms with Gasteiger partial charge in [-0.15, -0.1) is 5.10 Å². The van der Waals surface area contributed by atoms with Crippen molar-refractivity contribution in [2.45, 2.75) is 0 Å². The number of nitrogens with zero attached hydrogens (tertiary/aromatic N) is 3. The van der Waals surface area contributed by atoms with Gasteiger partial charge in [-0.3, -0.25) is 0 Å². The highest BCUT2D eigenvalue weighted by Crippen LogP contribution is 2.19. The molecule has 2 rings (SSSR count). The van der Waals surface area contributed by atoms with Crippen LogP contribution in [0.4, 0.5) is 0 Å². The van der Waals surface area contributed by atoms with Crippen molar-refractivity contribution in [2.24, 2.45) is 0 Å². The summed E-state index contributed by atoms with van der Waals surface area (Å²) in [6.45, 7) is 0. The van der Waals surface area contributed by atoms with Gasteiger partial charge >= 0.3 is 5.97 Å². The predicted molar refractivity (Wildman–Crippen MR) is 53.5 cm³/mol. The number of H-pyrrole nitrogens is 1. The molecule has 6 heteroatoms. The van der Waals surface area contributed by atoms with E-state index in [9.17, 15) is 4.79 Å². The molecule has 6 nitrogen and oxygen atoms in total. The first-order valence-corrected chi connectivity index (χ1v) is 4.37. The molecule has 2 aromatic rings. The van der Waals surface area contributed by atoms with E-state index < -0.39 is 5.97 Å². The van der Waals surface area contributed by atoms with Crippen molar-refractivity contribution in [1.82, 2.24) is 15.4 Å². The number of aromatic amines is 1. The lowest BCUT2D eigenvalue weighted by Gasteiger charge is -1.97. The standard InChI is InChI=1S/C10H6N4O2/c11-5-8-9(13-14-12-8)6-1-3-7(4-2-6)10(15)16/h1-4H,(H,15,16)(H,12,13,14). The first-order valence-electron chi connectivity index (χ1n) is 4.37. The van der Waals surface area contributed by atoms with Crippen LogP contribution < -0.4 is 0 Å². The number of nitrogens with one attached hydrogen (secondary N) is 1. The lowest BCUT2D eigenvalue weighted by atomic mass is 10.1. The molecule has 78 valence electrons. The van der Waals surface area contributed by atoms with Gasteiger partial charge < -0.3 is 5.11 Å². The Balaban J connectivity index is 2.43. The molecule has 0 radical (unpaired) electrons. The Labute approximate surface area is 90.2 Å². The summed E-state index contributed by atoms with van der Waals surface area (Å²) in [7, 11) is 0. The lowest BCUT2D eigenvalue weighted by molar-refractivity contribution is 0.0697.